The van der Waals surface area contributed by atoms with Crippen LogP contribution in [-0.4, -0.2) is 36.6 Å². The molecule has 15 heavy (non-hydrogen) atoms. The van der Waals surface area contributed by atoms with Gasteiger partial charge in [-0.2, -0.15) is 0 Å². The van der Waals surface area contributed by atoms with Gasteiger partial charge in [-0.05, 0) is 45.6 Å². The number of piperidine rings is 1. The fourth-order valence-corrected chi connectivity index (χ4v) is 2.53. The van der Waals surface area contributed by atoms with Gasteiger partial charge < -0.3 is 10.3 Å². The Kier molecular flexibility index (Phi) is 3.44. The van der Waals surface area contributed by atoms with E-state index in [1.807, 2.05) is 6.20 Å². The van der Waals surface area contributed by atoms with E-state index in [9.17, 15) is 0 Å². The molecule has 84 valence electrons. The molecule has 0 spiro atoms. The van der Waals surface area contributed by atoms with Gasteiger partial charge in [0.15, 0.2) is 0 Å². The van der Waals surface area contributed by atoms with Crippen molar-refractivity contribution in [3.05, 3.63) is 24.0 Å². The molecule has 3 nitrogen and oxygen atoms in total. The van der Waals surface area contributed by atoms with Gasteiger partial charge in [-0.1, -0.05) is 6.42 Å². The minimum Gasteiger partial charge on any atom is -0.364 e. The molecule has 2 atom stereocenters. The van der Waals surface area contributed by atoms with Crippen LogP contribution < -0.4 is 5.32 Å². The predicted molar refractivity (Wildman–Crippen MR) is 62.9 cm³/mol. The lowest BCUT2D eigenvalue weighted by Crippen LogP contribution is -2.44. The Balaban J connectivity index is 2.12. The molecule has 1 aromatic heterocycles. The van der Waals surface area contributed by atoms with Gasteiger partial charge >= 0.3 is 0 Å². The van der Waals surface area contributed by atoms with Crippen molar-refractivity contribution in [2.75, 3.05) is 20.6 Å². The number of H-pyrrole nitrogens is 1. The molecule has 1 fully saturated rings. The summed E-state index contributed by atoms with van der Waals surface area (Å²) in [6.45, 7) is 1.16. The first-order valence-corrected chi connectivity index (χ1v) is 5.82. The lowest BCUT2D eigenvalue weighted by Gasteiger charge is -2.35. The fraction of sp³-hybridized carbons (Fsp3) is 0.667. The quantitative estimate of drug-likeness (QED) is 0.791. The molecular weight excluding hydrogens is 186 g/mol. The van der Waals surface area contributed by atoms with Crippen molar-refractivity contribution in [1.29, 1.82) is 0 Å². The number of hydrogen-bond acceptors (Lipinski definition) is 2. The van der Waals surface area contributed by atoms with E-state index in [1.54, 1.807) is 0 Å². The van der Waals surface area contributed by atoms with Crippen molar-refractivity contribution in [2.24, 2.45) is 0 Å². The molecule has 0 saturated carbocycles. The average molecular weight is 207 g/mol. The molecule has 0 amide bonds. The standard InChI is InChI=1S/C12H21N3/c1-15(2)12(11-7-5-9-14-11)10-6-3-4-8-13-10/h5,7,9-10,12-14H,3-4,6,8H2,1-2H3. The molecule has 1 saturated heterocycles. The zero-order valence-corrected chi connectivity index (χ0v) is 9.66. The van der Waals surface area contributed by atoms with Crippen LogP contribution in [-0.2, 0) is 0 Å². The first-order valence-electron chi connectivity index (χ1n) is 5.82. The van der Waals surface area contributed by atoms with E-state index in [0.717, 1.165) is 6.54 Å². The molecule has 0 aliphatic carbocycles. The van der Waals surface area contributed by atoms with Gasteiger partial charge in [-0.3, -0.25) is 4.90 Å². The molecule has 1 aliphatic rings. The molecule has 0 aromatic carbocycles. The molecule has 1 aromatic rings. The maximum absolute atomic E-state index is 3.63. The topological polar surface area (TPSA) is 31.1 Å². The summed E-state index contributed by atoms with van der Waals surface area (Å²) in [5.74, 6) is 0. The van der Waals surface area contributed by atoms with Crippen LogP contribution in [0.15, 0.2) is 18.3 Å². The molecule has 0 radical (unpaired) electrons. The number of aromatic amines is 1. The van der Waals surface area contributed by atoms with E-state index >= 15 is 0 Å². The van der Waals surface area contributed by atoms with Gasteiger partial charge in [-0.25, -0.2) is 0 Å². The zero-order valence-electron chi connectivity index (χ0n) is 9.66. The third-order valence-corrected chi connectivity index (χ3v) is 3.23. The number of hydrogen-bond donors (Lipinski definition) is 2. The summed E-state index contributed by atoms with van der Waals surface area (Å²) in [5.41, 5.74) is 1.32. The van der Waals surface area contributed by atoms with E-state index in [0.29, 0.717) is 12.1 Å². The third-order valence-electron chi connectivity index (χ3n) is 3.23. The van der Waals surface area contributed by atoms with Gasteiger partial charge in [-0.15, -0.1) is 0 Å². The Morgan fingerprint density at radius 2 is 2.27 bits per heavy atom. The largest absolute Gasteiger partial charge is 0.364 e. The SMILES string of the molecule is CN(C)C(c1ccc[nH]1)C1CCCCN1. The molecule has 2 unspecified atom stereocenters. The van der Waals surface area contributed by atoms with Crippen molar-refractivity contribution < 1.29 is 0 Å². The number of likely N-dealkylation sites (N-methyl/N-ethyl adjacent to an activating group) is 1. The third kappa shape index (κ3) is 2.41. The zero-order chi connectivity index (χ0) is 10.7. The van der Waals surface area contributed by atoms with Crippen molar-refractivity contribution in [3.8, 4) is 0 Å². The van der Waals surface area contributed by atoms with E-state index < -0.39 is 0 Å². The predicted octanol–water partition coefficient (Wildman–Crippen LogP) is 1.76. The summed E-state index contributed by atoms with van der Waals surface area (Å²) < 4.78 is 0. The molecule has 2 N–H and O–H groups in total. The second-order valence-electron chi connectivity index (χ2n) is 4.59. The van der Waals surface area contributed by atoms with Crippen LogP contribution in [0, 0.1) is 0 Å². The molecule has 0 bridgehead atoms. The molecular formula is C12H21N3. The van der Waals surface area contributed by atoms with E-state index in [-0.39, 0.29) is 0 Å². The Bertz CT molecular complexity index is 273. The van der Waals surface area contributed by atoms with E-state index in [4.69, 9.17) is 0 Å². The molecule has 2 rings (SSSR count). The van der Waals surface area contributed by atoms with Crippen LogP contribution in [0.25, 0.3) is 0 Å². The highest BCUT2D eigenvalue weighted by molar-refractivity contribution is 5.12. The first kappa shape index (κ1) is 10.7. The normalized spacial score (nSPS) is 24.3. The summed E-state index contributed by atoms with van der Waals surface area (Å²) in [6.07, 6.45) is 5.96. The molecule has 3 heteroatoms. The maximum atomic E-state index is 3.63. The second kappa shape index (κ2) is 4.81. The monoisotopic (exact) mass is 207 g/mol. The van der Waals surface area contributed by atoms with Crippen molar-refractivity contribution >= 4 is 0 Å². The number of rotatable bonds is 3. The average Bonchev–Trinajstić information content (AvgIpc) is 2.72. The lowest BCUT2D eigenvalue weighted by atomic mass is 9.95. The van der Waals surface area contributed by atoms with Crippen molar-refractivity contribution in [3.63, 3.8) is 0 Å². The van der Waals surface area contributed by atoms with Crippen LogP contribution in [0.3, 0.4) is 0 Å². The van der Waals surface area contributed by atoms with Crippen LogP contribution in [0.2, 0.25) is 0 Å². The number of aromatic nitrogens is 1. The minimum absolute atomic E-state index is 0.472. The summed E-state index contributed by atoms with van der Waals surface area (Å²) in [7, 11) is 4.31. The van der Waals surface area contributed by atoms with Crippen LogP contribution in [0.5, 0.6) is 0 Å². The van der Waals surface area contributed by atoms with Crippen LogP contribution in [0.1, 0.15) is 31.0 Å². The van der Waals surface area contributed by atoms with Gasteiger partial charge in [0.25, 0.3) is 0 Å². The lowest BCUT2D eigenvalue weighted by molar-refractivity contribution is 0.201. The maximum Gasteiger partial charge on any atom is 0.0648 e. The summed E-state index contributed by atoms with van der Waals surface area (Å²) >= 11 is 0. The van der Waals surface area contributed by atoms with Gasteiger partial charge in [0.2, 0.25) is 0 Å². The highest BCUT2D eigenvalue weighted by Crippen LogP contribution is 2.25. The first-order chi connectivity index (χ1) is 7.29. The molecule has 2 heterocycles. The Labute approximate surface area is 91.9 Å². The van der Waals surface area contributed by atoms with Gasteiger partial charge in [0, 0.05) is 17.9 Å². The highest BCUT2D eigenvalue weighted by atomic mass is 15.2. The number of nitrogens with zero attached hydrogens (tertiary/aromatic N) is 1. The summed E-state index contributed by atoms with van der Waals surface area (Å²) in [6, 6.07) is 5.32. The highest BCUT2D eigenvalue weighted by Gasteiger charge is 2.26. The fourth-order valence-electron chi connectivity index (χ4n) is 2.53. The molecule has 1 aliphatic heterocycles. The summed E-state index contributed by atoms with van der Waals surface area (Å²) in [5, 5.41) is 3.63. The van der Waals surface area contributed by atoms with Crippen LogP contribution in [0.4, 0.5) is 0 Å². The minimum atomic E-state index is 0.472. The van der Waals surface area contributed by atoms with Gasteiger partial charge in [0.1, 0.15) is 0 Å². The Morgan fingerprint density at radius 1 is 1.40 bits per heavy atom. The number of nitrogens with one attached hydrogen (secondary N) is 2. The Morgan fingerprint density at radius 3 is 2.80 bits per heavy atom. The second-order valence-corrected chi connectivity index (χ2v) is 4.59. The summed E-state index contributed by atoms with van der Waals surface area (Å²) in [4.78, 5) is 5.63. The van der Waals surface area contributed by atoms with E-state index in [1.165, 1.54) is 25.0 Å². The van der Waals surface area contributed by atoms with Crippen molar-refractivity contribution in [2.45, 2.75) is 31.3 Å². The van der Waals surface area contributed by atoms with Gasteiger partial charge in [0.05, 0.1) is 6.04 Å². The Hall–Kier alpha value is -0.800. The van der Waals surface area contributed by atoms with E-state index in [2.05, 4.69) is 41.4 Å². The van der Waals surface area contributed by atoms with Crippen LogP contribution >= 0.6 is 0 Å². The van der Waals surface area contributed by atoms with Crippen molar-refractivity contribution in [1.82, 2.24) is 15.2 Å². The smallest absolute Gasteiger partial charge is 0.0648 e.